The smallest absolute Gasteiger partial charge is 0.123 e. The van der Waals surface area contributed by atoms with Crippen LogP contribution < -0.4 is 11.3 Å². The van der Waals surface area contributed by atoms with Crippen molar-refractivity contribution in [3.8, 4) is 0 Å². The van der Waals surface area contributed by atoms with Crippen LogP contribution in [-0.4, -0.2) is 9.78 Å². The van der Waals surface area contributed by atoms with Crippen molar-refractivity contribution >= 4 is 0 Å². The molecule has 5 heteroatoms. The Hall–Kier alpha value is -1.72. The standard InChI is InChI=1S/C16H23FN4/c1-4-14-10-16(21(5-2)20-14)15(19-18)9-12-8-13(17)7-6-11(12)3/h6-8,10,15,19H,4-5,9,18H2,1-3H3. The summed E-state index contributed by atoms with van der Waals surface area (Å²) < 4.78 is 15.4. The van der Waals surface area contributed by atoms with E-state index in [0.29, 0.717) is 6.42 Å². The summed E-state index contributed by atoms with van der Waals surface area (Å²) >= 11 is 0. The van der Waals surface area contributed by atoms with E-state index in [-0.39, 0.29) is 11.9 Å². The number of rotatable bonds is 6. The van der Waals surface area contributed by atoms with Gasteiger partial charge in [0.2, 0.25) is 0 Å². The molecule has 0 saturated carbocycles. The maximum absolute atomic E-state index is 13.4. The summed E-state index contributed by atoms with van der Waals surface area (Å²) in [6, 6.07) is 6.84. The molecular weight excluding hydrogens is 267 g/mol. The summed E-state index contributed by atoms with van der Waals surface area (Å²) in [4.78, 5) is 0. The Morgan fingerprint density at radius 2 is 2.10 bits per heavy atom. The quantitative estimate of drug-likeness (QED) is 0.635. The predicted molar refractivity (Wildman–Crippen MR) is 82.2 cm³/mol. The van der Waals surface area contributed by atoms with E-state index in [1.165, 1.54) is 6.07 Å². The Bertz CT molecular complexity index is 606. The van der Waals surface area contributed by atoms with Gasteiger partial charge in [-0.3, -0.25) is 16.0 Å². The molecule has 1 heterocycles. The molecule has 1 aromatic carbocycles. The Kier molecular flexibility index (Phi) is 5.09. The average molecular weight is 290 g/mol. The molecule has 0 aliphatic rings. The van der Waals surface area contributed by atoms with Crippen LogP contribution in [0.2, 0.25) is 0 Å². The van der Waals surface area contributed by atoms with Gasteiger partial charge in [0.1, 0.15) is 5.82 Å². The summed E-state index contributed by atoms with van der Waals surface area (Å²) in [6.07, 6.45) is 1.52. The summed E-state index contributed by atoms with van der Waals surface area (Å²) in [7, 11) is 0. The molecule has 1 atom stereocenters. The van der Waals surface area contributed by atoms with Crippen molar-refractivity contribution < 1.29 is 4.39 Å². The molecule has 0 spiro atoms. The van der Waals surface area contributed by atoms with Crippen molar-refractivity contribution in [2.45, 2.75) is 46.2 Å². The molecule has 0 aliphatic heterocycles. The first-order chi connectivity index (χ1) is 10.1. The van der Waals surface area contributed by atoms with E-state index in [9.17, 15) is 4.39 Å². The van der Waals surface area contributed by atoms with Crippen molar-refractivity contribution in [2.75, 3.05) is 0 Å². The fourth-order valence-electron chi connectivity index (χ4n) is 2.52. The van der Waals surface area contributed by atoms with Crippen molar-refractivity contribution in [3.63, 3.8) is 0 Å². The molecule has 21 heavy (non-hydrogen) atoms. The second-order valence-electron chi connectivity index (χ2n) is 5.22. The number of aryl methyl sites for hydroxylation is 3. The number of benzene rings is 1. The molecule has 2 rings (SSSR count). The first-order valence-corrected chi connectivity index (χ1v) is 7.36. The fourth-order valence-corrected chi connectivity index (χ4v) is 2.52. The zero-order valence-corrected chi connectivity index (χ0v) is 12.9. The summed E-state index contributed by atoms with van der Waals surface area (Å²) in [5.41, 5.74) is 6.95. The molecular formula is C16H23FN4. The molecule has 0 saturated heterocycles. The molecule has 0 aliphatic carbocycles. The molecule has 0 amide bonds. The predicted octanol–water partition coefficient (Wildman–Crippen LogP) is 2.66. The number of hydrazine groups is 1. The van der Waals surface area contributed by atoms with Gasteiger partial charge < -0.3 is 0 Å². The van der Waals surface area contributed by atoms with Gasteiger partial charge in [-0.15, -0.1) is 0 Å². The number of nitrogens with two attached hydrogens (primary N) is 1. The highest BCUT2D eigenvalue weighted by atomic mass is 19.1. The Labute approximate surface area is 125 Å². The summed E-state index contributed by atoms with van der Waals surface area (Å²) in [5.74, 6) is 5.51. The number of aromatic nitrogens is 2. The van der Waals surface area contributed by atoms with Crippen LogP contribution >= 0.6 is 0 Å². The van der Waals surface area contributed by atoms with E-state index < -0.39 is 0 Å². The third-order valence-corrected chi connectivity index (χ3v) is 3.82. The lowest BCUT2D eigenvalue weighted by molar-refractivity contribution is 0.488. The van der Waals surface area contributed by atoms with Gasteiger partial charge in [0.25, 0.3) is 0 Å². The fraction of sp³-hybridized carbons (Fsp3) is 0.438. The Morgan fingerprint density at radius 1 is 1.33 bits per heavy atom. The van der Waals surface area contributed by atoms with E-state index in [1.54, 1.807) is 12.1 Å². The SMILES string of the molecule is CCc1cc(C(Cc2cc(F)ccc2C)NN)n(CC)n1. The van der Waals surface area contributed by atoms with Crippen LogP contribution in [0.4, 0.5) is 4.39 Å². The third-order valence-electron chi connectivity index (χ3n) is 3.82. The minimum Gasteiger partial charge on any atom is -0.271 e. The van der Waals surface area contributed by atoms with E-state index in [4.69, 9.17) is 5.84 Å². The minimum absolute atomic E-state index is 0.0850. The zero-order chi connectivity index (χ0) is 15.4. The van der Waals surface area contributed by atoms with Crippen LogP contribution in [0, 0.1) is 12.7 Å². The highest BCUT2D eigenvalue weighted by Crippen LogP contribution is 2.22. The molecule has 4 nitrogen and oxygen atoms in total. The van der Waals surface area contributed by atoms with Crippen molar-refractivity contribution in [3.05, 3.63) is 52.6 Å². The lowest BCUT2D eigenvalue weighted by Gasteiger charge is -2.18. The topological polar surface area (TPSA) is 55.9 Å². The van der Waals surface area contributed by atoms with Crippen LogP contribution in [0.25, 0.3) is 0 Å². The van der Waals surface area contributed by atoms with Gasteiger partial charge in [0.05, 0.1) is 17.4 Å². The van der Waals surface area contributed by atoms with Crippen LogP contribution in [0.5, 0.6) is 0 Å². The van der Waals surface area contributed by atoms with Crippen LogP contribution in [0.15, 0.2) is 24.3 Å². The Morgan fingerprint density at radius 3 is 2.71 bits per heavy atom. The highest BCUT2D eigenvalue weighted by molar-refractivity contribution is 5.29. The van der Waals surface area contributed by atoms with Gasteiger partial charge in [0, 0.05) is 6.54 Å². The van der Waals surface area contributed by atoms with Gasteiger partial charge in [-0.2, -0.15) is 5.10 Å². The lowest BCUT2D eigenvalue weighted by Crippen LogP contribution is -2.31. The van der Waals surface area contributed by atoms with Crippen molar-refractivity contribution in [1.29, 1.82) is 0 Å². The largest absolute Gasteiger partial charge is 0.271 e. The first-order valence-electron chi connectivity index (χ1n) is 7.36. The van der Waals surface area contributed by atoms with Gasteiger partial charge >= 0.3 is 0 Å². The molecule has 2 aromatic rings. The second-order valence-corrected chi connectivity index (χ2v) is 5.22. The second kappa shape index (κ2) is 6.83. The van der Waals surface area contributed by atoms with E-state index in [2.05, 4.69) is 30.4 Å². The normalized spacial score (nSPS) is 12.6. The molecule has 3 N–H and O–H groups in total. The first kappa shape index (κ1) is 15.7. The van der Waals surface area contributed by atoms with Crippen molar-refractivity contribution in [2.24, 2.45) is 5.84 Å². The monoisotopic (exact) mass is 290 g/mol. The maximum Gasteiger partial charge on any atom is 0.123 e. The number of hydrogen-bond acceptors (Lipinski definition) is 3. The number of halogens is 1. The highest BCUT2D eigenvalue weighted by Gasteiger charge is 2.18. The summed E-state index contributed by atoms with van der Waals surface area (Å²) in [6.45, 7) is 6.90. The van der Waals surface area contributed by atoms with E-state index >= 15 is 0 Å². The average Bonchev–Trinajstić information content (AvgIpc) is 2.91. The van der Waals surface area contributed by atoms with Crippen LogP contribution in [0.3, 0.4) is 0 Å². The van der Waals surface area contributed by atoms with Gasteiger partial charge in [-0.25, -0.2) is 4.39 Å². The minimum atomic E-state index is -0.218. The maximum atomic E-state index is 13.4. The van der Waals surface area contributed by atoms with Gasteiger partial charge in [-0.05, 0) is 56.0 Å². The zero-order valence-electron chi connectivity index (χ0n) is 12.9. The number of hydrogen-bond donors (Lipinski definition) is 2. The Balaban J connectivity index is 2.31. The van der Waals surface area contributed by atoms with E-state index in [1.807, 2.05) is 11.6 Å². The van der Waals surface area contributed by atoms with Gasteiger partial charge in [0.15, 0.2) is 0 Å². The van der Waals surface area contributed by atoms with Crippen molar-refractivity contribution in [1.82, 2.24) is 15.2 Å². The molecule has 0 bridgehead atoms. The summed E-state index contributed by atoms with van der Waals surface area (Å²) in [5, 5.41) is 4.54. The number of nitrogens with zero attached hydrogens (tertiary/aromatic N) is 2. The molecule has 1 unspecified atom stereocenters. The van der Waals surface area contributed by atoms with Crippen LogP contribution in [0.1, 0.15) is 42.4 Å². The number of nitrogens with one attached hydrogen (secondary N) is 1. The van der Waals surface area contributed by atoms with Crippen LogP contribution in [-0.2, 0) is 19.4 Å². The van der Waals surface area contributed by atoms with Gasteiger partial charge in [-0.1, -0.05) is 13.0 Å². The third kappa shape index (κ3) is 3.49. The van der Waals surface area contributed by atoms with E-state index in [0.717, 1.165) is 35.5 Å². The lowest BCUT2D eigenvalue weighted by atomic mass is 9.99. The molecule has 0 fully saturated rings. The molecule has 0 radical (unpaired) electrons. The molecule has 114 valence electrons. The molecule has 1 aromatic heterocycles.